The van der Waals surface area contributed by atoms with Gasteiger partial charge in [0.2, 0.25) is 17.7 Å². The molecule has 0 saturated carbocycles. The predicted octanol–water partition coefficient (Wildman–Crippen LogP) is 3.05. The van der Waals surface area contributed by atoms with Gasteiger partial charge >= 0.3 is 6.09 Å². The summed E-state index contributed by atoms with van der Waals surface area (Å²) in [6.07, 6.45) is 3.35. The molecule has 12 heteroatoms. The van der Waals surface area contributed by atoms with E-state index in [1.807, 2.05) is 88.4 Å². The number of carbonyl (C=O) groups is 4. The molecule has 0 unspecified atom stereocenters. The molecule has 12 nitrogen and oxygen atoms in total. The maximum Gasteiger partial charge on any atom is 0.408 e. The Kier molecular flexibility index (Phi) is 16.4. The summed E-state index contributed by atoms with van der Waals surface area (Å²) in [6.45, 7) is 8.29. The Morgan fingerprint density at radius 2 is 1.48 bits per heavy atom. The Morgan fingerprint density at radius 1 is 0.848 bits per heavy atom. The molecule has 0 fully saturated rings. The lowest BCUT2D eigenvalue weighted by Gasteiger charge is -2.28. The zero-order chi connectivity index (χ0) is 33.9. The van der Waals surface area contributed by atoms with Crippen molar-refractivity contribution < 1.29 is 23.9 Å². The monoisotopic (exact) mass is 635 g/mol. The second kappa shape index (κ2) is 20.2. The van der Waals surface area contributed by atoms with Crippen LogP contribution < -0.4 is 32.3 Å². The molecule has 0 saturated heterocycles. The van der Waals surface area contributed by atoms with E-state index in [0.29, 0.717) is 19.4 Å². The van der Waals surface area contributed by atoms with Crippen LogP contribution in [-0.2, 0) is 25.7 Å². The molecular weight excluding hydrogens is 586 g/mol. The highest BCUT2D eigenvalue weighted by Gasteiger charge is 2.29. The lowest BCUT2D eigenvalue weighted by molar-refractivity contribution is -0.131. The van der Waals surface area contributed by atoms with Crippen molar-refractivity contribution in [3.8, 4) is 0 Å². The number of carbonyl (C=O) groups excluding carboxylic acids is 4. The number of rotatable bonds is 18. The first kappa shape index (κ1) is 37.3. The molecule has 0 aliphatic heterocycles. The summed E-state index contributed by atoms with van der Waals surface area (Å²) < 4.78 is 5.32. The van der Waals surface area contributed by atoms with E-state index in [0.717, 1.165) is 11.1 Å². The van der Waals surface area contributed by atoms with Crippen molar-refractivity contribution in [3.63, 3.8) is 0 Å². The van der Waals surface area contributed by atoms with Crippen molar-refractivity contribution >= 4 is 35.9 Å². The van der Waals surface area contributed by atoms with Gasteiger partial charge in [0.1, 0.15) is 18.7 Å². The van der Waals surface area contributed by atoms with Crippen LogP contribution in [0.3, 0.4) is 0 Å². The average molecular weight is 636 g/mol. The third-order valence-electron chi connectivity index (χ3n) is 7.00. The van der Waals surface area contributed by atoms with E-state index in [4.69, 9.17) is 15.9 Å². The molecule has 0 bridgehead atoms. The molecule has 8 N–H and O–H groups in total. The standard InChI is InChI=1S/C34H49N7O5/c1-23(2)20-28(32(44)40-29(24(3)4)21-38-30(42)18-17-25-12-7-5-8-13-25)39-31(43)27(16-11-19-37-33(35)36)41-34(45)46-22-26-14-9-6-10-15-26/h5-10,12-15,17-18,23-24,27-29H,11,16,19-22H2,1-4H3,(H,38,42)(H,39,43)(H,40,44)(H,41,45)(H4,35,36,37)/b18-17+/t27-,28+,29-/m1/s1. The minimum absolute atomic E-state index is 0.0136. The summed E-state index contributed by atoms with van der Waals surface area (Å²) >= 11 is 0. The number of nitrogens with one attached hydrogen (secondary N) is 6. The molecule has 2 aromatic carbocycles. The number of nitrogens with two attached hydrogens (primary N) is 1. The largest absolute Gasteiger partial charge is 0.445 e. The first-order chi connectivity index (χ1) is 21.9. The molecule has 0 spiro atoms. The van der Waals surface area contributed by atoms with Crippen LogP contribution in [0.5, 0.6) is 0 Å². The second-order valence-electron chi connectivity index (χ2n) is 11.8. The molecular formula is C34H49N7O5. The van der Waals surface area contributed by atoms with E-state index in [1.165, 1.54) is 6.08 Å². The van der Waals surface area contributed by atoms with Gasteiger partial charge in [0.25, 0.3) is 0 Å². The Bertz CT molecular complexity index is 1290. The van der Waals surface area contributed by atoms with Crippen LogP contribution >= 0.6 is 0 Å². The minimum Gasteiger partial charge on any atom is -0.445 e. The van der Waals surface area contributed by atoms with Gasteiger partial charge in [-0.15, -0.1) is 0 Å². The number of ether oxygens (including phenoxy) is 1. The van der Waals surface area contributed by atoms with Crippen LogP contribution in [0.2, 0.25) is 0 Å². The fourth-order valence-electron chi connectivity index (χ4n) is 4.42. The third-order valence-corrected chi connectivity index (χ3v) is 7.00. The van der Waals surface area contributed by atoms with E-state index in [-0.39, 0.29) is 43.3 Å². The molecule has 46 heavy (non-hydrogen) atoms. The molecule has 2 aromatic rings. The number of amides is 4. The second-order valence-corrected chi connectivity index (χ2v) is 11.8. The van der Waals surface area contributed by atoms with Crippen molar-refractivity contribution in [2.24, 2.45) is 17.6 Å². The van der Waals surface area contributed by atoms with Crippen LogP contribution in [-0.4, -0.2) is 61.0 Å². The molecule has 250 valence electrons. The molecule has 0 aromatic heterocycles. The third kappa shape index (κ3) is 15.2. The maximum atomic E-state index is 13.5. The number of alkyl carbamates (subject to hydrolysis) is 1. The smallest absolute Gasteiger partial charge is 0.408 e. The summed E-state index contributed by atoms with van der Waals surface area (Å²) in [5, 5.41) is 21.3. The van der Waals surface area contributed by atoms with E-state index < -0.39 is 36.0 Å². The average Bonchev–Trinajstić information content (AvgIpc) is 3.02. The summed E-state index contributed by atoms with van der Waals surface area (Å²) in [4.78, 5) is 52.1. The van der Waals surface area contributed by atoms with E-state index in [1.54, 1.807) is 6.08 Å². The van der Waals surface area contributed by atoms with E-state index in [9.17, 15) is 19.2 Å². The maximum absolute atomic E-state index is 13.5. The number of hydrogen-bond donors (Lipinski definition) is 7. The van der Waals surface area contributed by atoms with Crippen LogP contribution in [0.1, 0.15) is 58.1 Å². The Hall–Kier alpha value is -4.87. The Balaban J connectivity index is 2.06. The van der Waals surface area contributed by atoms with Crippen molar-refractivity contribution in [1.82, 2.24) is 26.6 Å². The first-order valence-electron chi connectivity index (χ1n) is 15.6. The Labute approximate surface area is 271 Å². The van der Waals surface area contributed by atoms with E-state index in [2.05, 4.69) is 26.6 Å². The number of hydrogen-bond acceptors (Lipinski definition) is 6. The molecule has 0 radical (unpaired) electrons. The van der Waals surface area contributed by atoms with Crippen LogP contribution in [0.25, 0.3) is 6.08 Å². The van der Waals surface area contributed by atoms with Gasteiger partial charge in [-0.1, -0.05) is 88.4 Å². The van der Waals surface area contributed by atoms with Gasteiger partial charge < -0.3 is 37.1 Å². The SMILES string of the molecule is CC(C)C[C@H](NC(=O)[C@@H](CCCNC(=N)N)NC(=O)OCc1ccccc1)C(=O)N[C@H](CNC(=O)/C=C/c1ccccc1)C(C)C. The molecule has 0 aliphatic carbocycles. The van der Waals surface area contributed by atoms with Crippen LogP contribution in [0, 0.1) is 17.2 Å². The predicted molar refractivity (Wildman–Crippen MR) is 179 cm³/mol. The van der Waals surface area contributed by atoms with Gasteiger partial charge in [0.15, 0.2) is 5.96 Å². The fraction of sp³-hybridized carbons (Fsp3) is 0.441. The molecule has 2 rings (SSSR count). The van der Waals surface area contributed by atoms with E-state index >= 15 is 0 Å². The summed E-state index contributed by atoms with van der Waals surface area (Å²) in [5.41, 5.74) is 7.05. The molecule has 0 heterocycles. The normalized spacial score (nSPS) is 13.0. The van der Waals surface area contributed by atoms with Gasteiger partial charge in [-0.05, 0) is 48.3 Å². The fourth-order valence-corrected chi connectivity index (χ4v) is 4.42. The molecule has 4 amide bonds. The van der Waals surface area contributed by atoms with Crippen molar-refractivity contribution in [3.05, 3.63) is 77.9 Å². The lowest BCUT2D eigenvalue weighted by atomic mass is 9.99. The highest BCUT2D eigenvalue weighted by Crippen LogP contribution is 2.10. The molecule has 3 atom stereocenters. The van der Waals surface area contributed by atoms with Crippen LogP contribution in [0.4, 0.5) is 4.79 Å². The van der Waals surface area contributed by atoms with Gasteiger partial charge in [-0.3, -0.25) is 19.8 Å². The van der Waals surface area contributed by atoms with Gasteiger partial charge in [0.05, 0.1) is 0 Å². The van der Waals surface area contributed by atoms with Gasteiger partial charge in [0, 0.05) is 25.2 Å². The van der Waals surface area contributed by atoms with Crippen molar-refractivity contribution in [1.29, 1.82) is 5.41 Å². The zero-order valence-electron chi connectivity index (χ0n) is 27.2. The first-order valence-corrected chi connectivity index (χ1v) is 15.6. The van der Waals surface area contributed by atoms with Crippen molar-refractivity contribution in [2.75, 3.05) is 13.1 Å². The zero-order valence-corrected chi connectivity index (χ0v) is 27.2. The quantitative estimate of drug-likeness (QED) is 0.0567. The highest BCUT2D eigenvalue weighted by molar-refractivity contribution is 5.92. The highest BCUT2D eigenvalue weighted by atomic mass is 16.5. The summed E-state index contributed by atoms with van der Waals surface area (Å²) in [5.74, 6) is -1.37. The number of guanidine groups is 1. The van der Waals surface area contributed by atoms with Gasteiger partial charge in [-0.2, -0.15) is 0 Å². The Morgan fingerprint density at radius 3 is 2.09 bits per heavy atom. The minimum atomic E-state index is -1.00. The van der Waals surface area contributed by atoms with Crippen molar-refractivity contribution in [2.45, 2.75) is 71.7 Å². The summed E-state index contributed by atoms with van der Waals surface area (Å²) in [6, 6.07) is 16.3. The topological polar surface area (TPSA) is 188 Å². The number of benzene rings is 2. The summed E-state index contributed by atoms with van der Waals surface area (Å²) in [7, 11) is 0. The van der Waals surface area contributed by atoms with Crippen LogP contribution in [0.15, 0.2) is 66.7 Å². The van der Waals surface area contributed by atoms with Gasteiger partial charge in [-0.25, -0.2) is 4.79 Å². The molecule has 0 aliphatic rings. The lowest BCUT2D eigenvalue weighted by Crippen LogP contribution is -2.57.